The number of aromatic nitrogens is 2. The fourth-order valence-electron chi connectivity index (χ4n) is 2.41. The fourth-order valence-corrected chi connectivity index (χ4v) is 2.59. The minimum atomic E-state index is -4.80. The van der Waals surface area contributed by atoms with Gasteiger partial charge in [-0.05, 0) is 29.8 Å². The lowest BCUT2D eigenvalue weighted by Gasteiger charge is -2.09. The van der Waals surface area contributed by atoms with Crippen LogP contribution in [-0.2, 0) is 6.18 Å². The number of anilines is 3. The third-order valence-electron chi connectivity index (χ3n) is 3.66. The van der Waals surface area contributed by atoms with Crippen LogP contribution in [0.4, 0.5) is 35.0 Å². The normalized spacial score (nSPS) is 11.6. The molecule has 3 aromatic rings. The van der Waals surface area contributed by atoms with Crippen LogP contribution >= 0.6 is 11.6 Å². The number of benzene rings is 2. The Morgan fingerprint density at radius 2 is 1.86 bits per heavy atom. The van der Waals surface area contributed by atoms with Crippen molar-refractivity contribution in [1.29, 1.82) is 0 Å². The Morgan fingerprint density at radius 3 is 2.59 bits per heavy atom. The summed E-state index contributed by atoms with van der Waals surface area (Å²) in [5.41, 5.74) is 3.01. The number of hydrazone groups is 1. The minimum Gasteiger partial charge on any atom is -0.340 e. The molecule has 1 heterocycles. The Morgan fingerprint density at radius 1 is 1.07 bits per heavy atom. The van der Waals surface area contributed by atoms with E-state index in [-0.39, 0.29) is 16.7 Å². The van der Waals surface area contributed by atoms with Crippen LogP contribution in [0.1, 0.15) is 11.1 Å². The maximum Gasteiger partial charge on any atom is 0.419 e. The van der Waals surface area contributed by atoms with E-state index >= 15 is 0 Å². The average molecular weight is 422 g/mol. The molecule has 11 heteroatoms. The zero-order valence-electron chi connectivity index (χ0n) is 14.9. The van der Waals surface area contributed by atoms with Crippen molar-refractivity contribution in [3.05, 3.63) is 70.6 Å². The molecule has 0 spiro atoms. The molecule has 0 bridgehead atoms. The van der Waals surface area contributed by atoms with E-state index in [4.69, 9.17) is 11.6 Å². The molecule has 1 aromatic heterocycles. The van der Waals surface area contributed by atoms with Gasteiger partial charge in [0, 0.05) is 11.8 Å². The van der Waals surface area contributed by atoms with E-state index in [9.17, 15) is 17.6 Å². The summed E-state index contributed by atoms with van der Waals surface area (Å²) >= 11 is 5.98. The predicted octanol–water partition coefficient (Wildman–Crippen LogP) is 3.74. The summed E-state index contributed by atoms with van der Waals surface area (Å²) in [6.07, 6.45) is -3.71. The van der Waals surface area contributed by atoms with Crippen molar-refractivity contribution < 1.29 is 17.6 Å². The standard InChI is InChI=1S/C18H13BClF4N5/c19-11-2-1-3-12(7-11)26-16-8-15(20)27-17(28-16)29-25-9-10-4-5-14(21)13(6-10)18(22,23)24/h1-9H,19H2,(H2,26,27,28,29)/b25-9+. The lowest BCUT2D eigenvalue weighted by Crippen LogP contribution is -2.08. The van der Waals surface area contributed by atoms with Gasteiger partial charge < -0.3 is 5.32 Å². The monoisotopic (exact) mass is 421 g/mol. The fraction of sp³-hybridized carbons (Fsp3) is 0.0556. The van der Waals surface area contributed by atoms with E-state index in [2.05, 4.69) is 25.8 Å². The first-order chi connectivity index (χ1) is 13.7. The maximum absolute atomic E-state index is 13.3. The first kappa shape index (κ1) is 20.6. The van der Waals surface area contributed by atoms with Gasteiger partial charge in [0.2, 0.25) is 5.95 Å². The van der Waals surface area contributed by atoms with Crippen LogP contribution in [0, 0.1) is 5.82 Å². The highest BCUT2D eigenvalue weighted by Crippen LogP contribution is 2.31. The van der Waals surface area contributed by atoms with Crippen molar-refractivity contribution in [2.45, 2.75) is 6.18 Å². The van der Waals surface area contributed by atoms with Crippen molar-refractivity contribution in [2.24, 2.45) is 5.10 Å². The molecule has 0 aliphatic rings. The summed E-state index contributed by atoms with van der Waals surface area (Å²) in [5, 5.41) is 7.00. The first-order valence-corrected chi connectivity index (χ1v) is 8.62. The summed E-state index contributed by atoms with van der Waals surface area (Å²) in [6.45, 7) is 0. The largest absolute Gasteiger partial charge is 0.419 e. The summed E-state index contributed by atoms with van der Waals surface area (Å²) in [7, 11) is 1.94. The Balaban J connectivity index is 1.75. The zero-order valence-corrected chi connectivity index (χ0v) is 15.7. The SMILES string of the molecule is Bc1cccc(Nc2cc(Cl)nc(N/N=C/c3ccc(F)c(C(F)(F)F)c3)n2)c1. The summed E-state index contributed by atoms with van der Waals surface area (Å²) in [5.74, 6) is -0.927. The van der Waals surface area contributed by atoms with Gasteiger partial charge in [0.25, 0.3) is 0 Å². The lowest BCUT2D eigenvalue weighted by molar-refractivity contribution is -0.140. The van der Waals surface area contributed by atoms with Crippen LogP contribution in [0.5, 0.6) is 0 Å². The van der Waals surface area contributed by atoms with Gasteiger partial charge in [0.15, 0.2) is 0 Å². The number of hydrogen-bond donors (Lipinski definition) is 2. The van der Waals surface area contributed by atoms with Gasteiger partial charge in [-0.2, -0.15) is 28.2 Å². The molecule has 5 nitrogen and oxygen atoms in total. The number of nitrogens with one attached hydrogen (secondary N) is 2. The van der Waals surface area contributed by atoms with E-state index in [1.165, 1.54) is 12.1 Å². The number of hydrogen-bond acceptors (Lipinski definition) is 5. The minimum absolute atomic E-state index is 0.0297. The molecule has 0 atom stereocenters. The lowest BCUT2D eigenvalue weighted by atomic mass is 9.96. The highest BCUT2D eigenvalue weighted by molar-refractivity contribution is 6.32. The molecule has 0 aliphatic carbocycles. The molecule has 0 saturated heterocycles. The maximum atomic E-state index is 13.3. The number of alkyl halides is 3. The van der Waals surface area contributed by atoms with Crippen LogP contribution in [0.15, 0.2) is 53.6 Å². The van der Waals surface area contributed by atoms with Crippen molar-refractivity contribution >= 4 is 48.6 Å². The Labute approximate surface area is 169 Å². The van der Waals surface area contributed by atoms with E-state index in [0.29, 0.717) is 11.9 Å². The van der Waals surface area contributed by atoms with Gasteiger partial charge in [-0.25, -0.2) is 9.82 Å². The Bertz CT molecular complexity index is 1060. The molecule has 2 N–H and O–H groups in total. The van der Waals surface area contributed by atoms with Gasteiger partial charge >= 0.3 is 6.18 Å². The molecule has 0 amide bonds. The molecule has 0 aliphatic heterocycles. The molecule has 3 rings (SSSR count). The van der Waals surface area contributed by atoms with Crippen LogP contribution in [0.25, 0.3) is 0 Å². The molecule has 148 valence electrons. The van der Waals surface area contributed by atoms with Crippen molar-refractivity contribution in [3.63, 3.8) is 0 Å². The third-order valence-corrected chi connectivity index (χ3v) is 3.85. The second-order valence-corrected chi connectivity index (χ2v) is 6.39. The molecular formula is C18H13BClF4N5. The van der Waals surface area contributed by atoms with Gasteiger partial charge in [0.1, 0.15) is 24.6 Å². The summed E-state index contributed by atoms with van der Waals surface area (Å²) in [4.78, 5) is 8.13. The van der Waals surface area contributed by atoms with Gasteiger partial charge in [-0.15, -0.1) is 0 Å². The average Bonchev–Trinajstić information content (AvgIpc) is 2.62. The van der Waals surface area contributed by atoms with Gasteiger partial charge in [-0.3, -0.25) is 0 Å². The van der Waals surface area contributed by atoms with E-state index in [0.717, 1.165) is 23.4 Å². The van der Waals surface area contributed by atoms with Crippen LogP contribution in [0.3, 0.4) is 0 Å². The Kier molecular flexibility index (Phi) is 6.02. The number of halogens is 5. The predicted molar refractivity (Wildman–Crippen MR) is 108 cm³/mol. The number of rotatable bonds is 5. The van der Waals surface area contributed by atoms with Crippen molar-refractivity contribution in [1.82, 2.24) is 9.97 Å². The summed E-state index contributed by atoms with van der Waals surface area (Å²) in [6, 6.07) is 11.6. The molecular weight excluding hydrogens is 408 g/mol. The van der Waals surface area contributed by atoms with Crippen LogP contribution in [0.2, 0.25) is 5.15 Å². The summed E-state index contributed by atoms with van der Waals surface area (Å²) < 4.78 is 51.6. The molecule has 0 unspecified atom stereocenters. The van der Waals surface area contributed by atoms with Crippen LogP contribution < -0.4 is 16.2 Å². The molecule has 29 heavy (non-hydrogen) atoms. The Hall–Kier alpha value is -3.14. The van der Waals surface area contributed by atoms with Crippen molar-refractivity contribution in [2.75, 3.05) is 10.7 Å². The molecule has 0 fully saturated rings. The third kappa shape index (κ3) is 5.67. The first-order valence-electron chi connectivity index (χ1n) is 8.25. The quantitative estimate of drug-likeness (QED) is 0.217. The van der Waals surface area contributed by atoms with E-state index < -0.39 is 17.6 Å². The number of nitrogens with zero attached hydrogens (tertiary/aromatic N) is 3. The molecule has 2 aromatic carbocycles. The van der Waals surface area contributed by atoms with E-state index in [1.54, 1.807) is 0 Å². The zero-order chi connectivity index (χ0) is 21.0. The van der Waals surface area contributed by atoms with Gasteiger partial charge in [0.05, 0.1) is 11.8 Å². The van der Waals surface area contributed by atoms with Gasteiger partial charge in [-0.1, -0.05) is 35.3 Å². The second kappa shape index (κ2) is 8.48. The smallest absolute Gasteiger partial charge is 0.340 e. The molecule has 0 saturated carbocycles. The van der Waals surface area contributed by atoms with E-state index in [1.807, 2.05) is 32.1 Å². The highest BCUT2D eigenvalue weighted by atomic mass is 35.5. The second-order valence-electron chi connectivity index (χ2n) is 6.00. The topological polar surface area (TPSA) is 62.2 Å². The molecule has 0 radical (unpaired) electrons. The van der Waals surface area contributed by atoms with Crippen LogP contribution in [-0.4, -0.2) is 24.0 Å². The highest BCUT2D eigenvalue weighted by Gasteiger charge is 2.34. The van der Waals surface area contributed by atoms with Crippen molar-refractivity contribution in [3.8, 4) is 0 Å².